The Balaban J connectivity index is 2.10. The van der Waals surface area contributed by atoms with Gasteiger partial charge in [-0.2, -0.15) is 5.10 Å². The summed E-state index contributed by atoms with van der Waals surface area (Å²) in [5, 5.41) is 4.10. The van der Waals surface area contributed by atoms with Crippen LogP contribution in [0.2, 0.25) is 0 Å². The molecule has 0 saturated heterocycles. The van der Waals surface area contributed by atoms with Gasteiger partial charge in [-0.15, -0.1) is 0 Å². The van der Waals surface area contributed by atoms with E-state index < -0.39 is 9.05 Å². The van der Waals surface area contributed by atoms with Gasteiger partial charge in [0.15, 0.2) is 0 Å². The first-order chi connectivity index (χ1) is 9.77. The number of rotatable bonds is 5. The second kappa shape index (κ2) is 6.07. The van der Waals surface area contributed by atoms with Gasteiger partial charge in [-0.25, -0.2) is 8.42 Å². The van der Waals surface area contributed by atoms with Crippen molar-refractivity contribution in [1.29, 1.82) is 0 Å². The monoisotopic (exact) mass is 328 g/mol. The number of aryl methyl sites for hydroxylation is 3. The molecular formula is C14H17ClN2O3S. The van der Waals surface area contributed by atoms with Crippen LogP contribution < -0.4 is 4.74 Å². The van der Waals surface area contributed by atoms with E-state index in [-0.39, 0.29) is 4.90 Å². The summed E-state index contributed by atoms with van der Waals surface area (Å²) in [5.41, 5.74) is 2.59. The second-order valence-corrected chi connectivity index (χ2v) is 7.51. The number of hydrogen-bond donors (Lipinski definition) is 0. The highest BCUT2D eigenvalue weighted by atomic mass is 35.7. The average Bonchev–Trinajstić information content (AvgIpc) is 2.77. The quantitative estimate of drug-likeness (QED) is 0.791. The predicted molar refractivity (Wildman–Crippen MR) is 81.4 cm³/mol. The highest BCUT2D eigenvalue weighted by Gasteiger charge is 2.14. The van der Waals surface area contributed by atoms with Crippen molar-refractivity contribution in [3.63, 3.8) is 0 Å². The molecule has 0 bridgehead atoms. The maximum atomic E-state index is 11.4. The fraction of sp³-hybridized carbons (Fsp3) is 0.357. The molecule has 0 amide bonds. The third-order valence-electron chi connectivity index (χ3n) is 3.11. The molecule has 5 nitrogen and oxygen atoms in total. The third-order valence-corrected chi connectivity index (χ3v) is 4.44. The van der Waals surface area contributed by atoms with E-state index in [1.807, 2.05) is 13.2 Å². The Bertz CT molecular complexity index is 730. The molecule has 2 rings (SSSR count). The van der Waals surface area contributed by atoms with Gasteiger partial charge < -0.3 is 4.74 Å². The first kappa shape index (κ1) is 15.9. The van der Waals surface area contributed by atoms with Gasteiger partial charge in [-0.3, -0.25) is 4.68 Å². The van der Waals surface area contributed by atoms with Crippen molar-refractivity contribution in [3.8, 4) is 5.75 Å². The summed E-state index contributed by atoms with van der Waals surface area (Å²) in [6.45, 7) is 4.11. The molecule has 0 radical (unpaired) electrons. The Hall–Kier alpha value is -1.53. The van der Waals surface area contributed by atoms with Crippen LogP contribution in [0.4, 0.5) is 0 Å². The van der Waals surface area contributed by atoms with Crippen LogP contribution in [0.1, 0.15) is 16.7 Å². The highest BCUT2D eigenvalue weighted by Crippen LogP contribution is 2.28. The van der Waals surface area contributed by atoms with Gasteiger partial charge in [0.05, 0.1) is 17.7 Å². The number of benzene rings is 1. The Morgan fingerprint density at radius 2 is 1.90 bits per heavy atom. The van der Waals surface area contributed by atoms with Crippen molar-refractivity contribution in [2.45, 2.75) is 25.2 Å². The maximum absolute atomic E-state index is 11.4. The number of hydrogen-bond acceptors (Lipinski definition) is 4. The molecule has 2 aromatic rings. The molecular weight excluding hydrogens is 312 g/mol. The molecule has 114 valence electrons. The number of halogens is 1. The van der Waals surface area contributed by atoms with Gasteiger partial charge in [0.1, 0.15) is 5.75 Å². The number of aromatic nitrogens is 2. The molecule has 0 unspecified atom stereocenters. The average molecular weight is 329 g/mol. The minimum Gasteiger partial charge on any atom is -0.493 e. The van der Waals surface area contributed by atoms with Crippen molar-refractivity contribution in [3.05, 3.63) is 41.2 Å². The molecule has 0 aliphatic rings. The Kier molecular flexibility index (Phi) is 4.58. The predicted octanol–water partition coefficient (Wildman–Crippen LogP) is 2.59. The molecule has 0 atom stereocenters. The lowest BCUT2D eigenvalue weighted by Gasteiger charge is -2.13. The summed E-state index contributed by atoms with van der Waals surface area (Å²) in [7, 11) is 3.51. The zero-order valence-corrected chi connectivity index (χ0v) is 13.7. The first-order valence-corrected chi connectivity index (χ1v) is 8.74. The van der Waals surface area contributed by atoms with Crippen molar-refractivity contribution in [1.82, 2.24) is 9.78 Å². The summed E-state index contributed by atoms with van der Waals surface area (Å²) in [4.78, 5) is 0.0961. The fourth-order valence-electron chi connectivity index (χ4n) is 2.15. The minimum absolute atomic E-state index is 0.0961. The maximum Gasteiger partial charge on any atom is 0.261 e. The SMILES string of the molecule is Cc1cc(S(=O)(=O)Cl)cc(C)c1OCCc1cnn(C)c1. The van der Waals surface area contributed by atoms with E-state index in [1.165, 1.54) is 12.1 Å². The van der Waals surface area contributed by atoms with E-state index in [4.69, 9.17) is 15.4 Å². The Morgan fingerprint density at radius 1 is 1.29 bits per heavy atom. The van der Waals surface area contributed by atoms with Crippen LogP contribution in [0.15, 0.2) is 29.4 Å². The zero-order valence-electron chi connectivity index (χ0n) is 12.1. The van der Waals surface area contributed by atoms with Crippen molar-refractivity contribution in [2.75, 3.05) is 6.61 Å². The fourth-order valence-corrected chi connectivity index (χ4v) is 3.05. The van der Waals surface area contributed by atoms with Crippen LogP contribution in [-0.2, 0) is 22.5 Å². The molecule has 7 heteroatoms. The van der Waals surface area contributed by atoms with Crippen LogP contribution in [-0.4, -0.2) is 24.8 Å². The van der Waals surface area contributed by atoms with Crippen LogP contribution >= 0.6 is 10.7 Å². The lowest BCUT2D eigenvalue weighted by molar-refractivity contribution is 0.317. The van der Waals surface area contributed by atoms with E-state index in [9.17, 15) is 8.42 Å². The molecule has 0 fully saturated rings. The number of nitrogens with zero attached hydrogens (tertiary/aromatic N) is 2. The second-order valence-electron chi connectivity index (χ2n) is 4.94. The molecule has 1 aromatic carbocycles. The summed E-state index contributed by atoms with van der Waals surface area (Å²) >= 11 is 0. The van der Waals surface area contributed by atoms with Gasteiger partial charge in [0.2, 0.25) is 0 Å². The molecule has 0 aliphatic heterocycles. The summed E-state index contributed by atoms with van der Waals surface area (Å²) < 4.78 is 30.2. The van der Waals surface area contributed by atoms with Gasteiger partial charge >= 0.3 is 0 Å². The molecule has 0 N–H and O–H groups in total. The summed E-state index contributed by atoms with van der Waals surface area (Å²) in [6, 6.07) is 3.05. The highest BCUT2D eigenvalue weighted by molar-refractivity contribution is 8.13. The van der Waals surface area contributed by atoms with E-state index >= 15 is 0 Å². The topological polar surface area (TPSA) is 61.2 Å². The molecule has 0 saturated carbocycles. The van der Waals surface area contributed by atoms with Gasteiger partial charge in [-0.1, -0.05) is 0 Å². The van der Waals surface area contributed by atoms with E-state index in [0.29, 0.717) is 12.4 Å². The molecule has 0 spiro atoms. The smallest absolute Gasteiger partial charge is 0.261 e. The molecule has 0 aliphatic carbocycles. The molecule has 21 heavy (non-hydrogen) atoms. The normalized spacial score (nSPS) is 11.6. The summed E-state index contributed by atoms with van der Waals surface area (Å²) in [5.74, 6) is 0.697. The van der Waals surface area contributed by atoms with E-state index in [2.05, 4.69) is 5.10 Å². The first-order valence-electron chi connectivity index (χ1n) is 6.43. The zero-order chi connectivity index (χ0) is 15.6. The molecule has 1 aromatic heterocycles. The van der Waals surface area contributed by atoms with Gasteiger partial charge in [0.25, 0.3) is 9.05 Å². The number of ether oxygens (including phenoxy) is 1. The van der Waals surface area contributed by atoms with Crippen molar-refractivity contribution in [2.24, 2.45) is 7.05 Å². The van der Waals surface area contributed by atoms with Crippen LogP contribution in [0, 0.1) is 13.8 Å². The Morgan fingerprint density at radius 3 is 2.38 bits per heavy atom. The third kappa shape index (κ3) is 3.98. The largest absolute Gasteiger partial charge is 0.493 e. The van der Waals surface area contributed by atoms with Crippen molar-refractivity contribution >= 4 is 19.7 Å². The molecule has 1 heterocycles. The summed E-state index contributed by atoms with van der Waals surface area (Å²) in [6.07, 6.45) is 4.47. The Labute approximate surface area is 128 Å². The standard InChI is InChI=1S/C14H17ClN2O3S/c1-10-6-13(21(15,18)19)7-11(2)14(10)20-5-4-12-8-16-17(3)9-12/h6-9H,4-5H2,1-3H3. The van der Waals surface area contributed by atoms with Gasteiger partial charge in [-0.05, 0) is 42.7 Å². The lowest BCUT2D eigenvalue weighted by Crippen LogP contribution is -2.04. The van der Waals surface area contributed by atoms with E-state index in [1.54, 1.807) is 24.7 Å². The van der Waals surface area contributed by atoms with Crippen molar-refractivity contribution < 1.29 is 13.2 Å². The van der Waals surface area contributed by atoms with E-state index in [0.717, 1.165) is 23.1 Å². The minimum atomic E-state index is -3.72. The van der Waals surface area contributed by atoms with Crippen LogP contribution in [0.3, 0.4) is 0 Å². The van der Waals surface area contributed by atoms with Gasteiger partial charge in [0, 0.05) is 30.3 Å². The van der Waals surface area contributed by atoms with Crippen LogP contribution in [0.5, 0.6) is 5.75 Å². The van der Waals surface area contributed by atoms with Crippen LogP contribution in [0.25, 0.3) is 0 Å². The lowest BCUT2D eigenvalue weighted by atomic mass is 10.1.